The van der Waals surface area contributed by atoms with E-state index in [0.717, 1.165) is 24.4 Å². The topological polar surface area (TPSA) is 36.3 Å². The zero-order valence-electron chi connectivity index (χ0n) is 12.7. The normalized spacial score (nSPS) is 24.9. The molecule has 108 valence electrons. The third-order valence-electron chi connectivity index (χ3n) is 3.87. The van der Waals surface area contributed by atoms with Crippen LogP contribution in [0.25, 0.3) is 0 Å². The van der Waals surface area contributed by atoms with Crippen LogP contribution in [-0.2, 0) is 0 Å². The van der Waals surface area contributed by atoms with Crippen molar-refractivity contribution in [3.8, 4) is 11.8 Å². The molecule has 0 N–H and O–H groups in total. The van der Waals surface area contributed by atoms with Crippen molar-refractivity contribution in [2.45, 2.75) is 33.2 Å². The van der Waals surface area contributed by atoms with E-state index < -0.39 is 0 Å². The zero-order valence-corrected chi connectivity index (χ0v) is 12.7. The minimum Gasteiger partial charge on any atom is -0.494 e. The molecular formula is C17H24N2O. The Bertz CT molecular complexity index is 470. The maximum absolute atomic E-state index is 9.59. The smallest absolute Gasteiger partial charge is 0.124 e. The molecule has 3 atom stereocenters. The van der Waals surface area contributed by atoms with Gasteiger partial charge in [-0.2, -0.15) is 5.26 Å². The second-order valence-corrected chi connectivity index (χ2v) is 5.94. The summed E-state index contributed by atoms with van der Waals surface area (Å²) in [6.45, 7) is 9.17. The quantitative estimate of drug-likeness (QED) is 0.839. The highest BCUT2D eigenvalue weighted by Gasteiger charge is 2.28. The molecule has 0 aliphatic carbocycles. The van der Waals surface area contributed by atoms with E-state index in [9.17, 15) is 5.26 Å². The molecule has 0 spiro atoms. The van der Waals surface area contributed by atoms with Gasteiger partial charge in [-0.25, -0.2) is 0 Å². The predicted molar refractivity (Wildman–Crippen MR) is 80.5 cm³/mol. The van der Waals surface area contributed by atoms with Crippen molar-refractivity contribution >= 4 is 0 Å². The van der Waals surface area contributed by atoms with Crippen molar-refractivity contribution in [2.75, 3.05) is 19.7 Å². The summed E-state index contributed by atoms with van der Waals surface area (Å²) in [5.41, 5.74) is 1.04. The van der Waals surface area contributed by atoms with E-state index in [2.05, 4.69) is 24.8 Å². The molecule has 1 aromatic carbocycles. The van der Waals surface area contributed by atoms with Gasteiger partial charge >= 0.3 is 0 Å². The molecule has 0 bridgehead atoms. The lowest BCUT2D eigenvalue weighted by Gasteiger charge is -2.37. The first-order chi connectivity index (χ1) is 9.63. The van der Waals surface area contributed by atoms with Gasteiger partial charge in [0.15, 0.2) is 0 Å². The minimum absolute atomic E-state index is 0.166. The van der Waals surface area contributed by atoms with Crippen LogP contribution in [0.2, 0.25) is 0 Å². The van der Waals surface area contributed by atoms with Gasteiger partial charge in [-0.15, -0.1) is 0 Å². The van der Waals surface area contributed by atoms with E-state index in [1.807, 2.05) is 31.2 Å². The van der Waals surface area contributed by atoms with Crippen LogP contribution in [0.4, 0.5) is 0 Å². The van der Waals surface area contributed by atoms with E-state index in [1.165, 1.54) is 6.42 Å². The van der Waals surface area contributed by atoms with Crippen LogP contribution in [0.3, 0.4) is 0 Å². The average molecular weight is 272 g/mol. The Hall–Kier alpha value is -1.53. The molecule has 0 aromatic heterocycles. The van der Waals surface area contributed by atoms with E-state index in [1.54, 1.807) is 0 Å². The molecule has 1 aromatic rings. The third kappa shape index (κ3) is 3.52. The lowest BCUT2D eigenvalue weighted by Crippen LogP contribution is -2.40. The summed E-state index contributed by atoms with van der Waals surface area (Å²) in [7, 11) is 0. The highest BCUT2D eigenvalue weighted by Crippen LogP contribution is 2.30. The lowest BCUT2D eigenvalue weighted by molar-refractivity contribution is 0.117. The highest BCUT2D eigenvalue weighted by molar-refractivity contribution is 5.33. The number of nitrogens with zero attached hydrogens (tertiary/aromatic N) is 2. The Morgan fingerprint density at radius 2 is 2.05 bits per heavy atom. The Kier molecular flexibility index (Phi) is 5.03. The number of hydrogen-bond acceptors (Lipinski definition) is 3. The van der Waals surface area contributed by atoms with Gasteiger partial charge in [0, 0.05) is 13.1 Å². The van der Waals surface area contributed by atoms with Gasteiger partial charge in [-0.05, 0) is 42.9 Å². The van der Waals surface area contributed by atoms with Gasteiger partial charge in [-0.3, -0.25) is 4.90 Å². The van der Waals surface area contributed by atoms with Crippen LogP contribution in [0.1, 0.15) is 38.8 Å². The van der Waals surface area contributed by atoms with Crippen molar-refractivity contribution in [3.63, 3.8) is 0 Å². The van der Waals surface area contributed by atoms with Crippen molar-refractivity contribution in [1.29, 1.82) is 5.26 Å². The van der Waals surface area contributed by atoms with Gasteiger partial charge in [0.2, 0.25) is 0 Å². The van der Waals surface area contributed by atoms with Crippen LogP contribution >= 0.6 is 0 Å². The summed E-state index contributed by atoms with van der Waals surface area (Å²) >= 11 is 0. The minimum atomic E-state index is -0.166. The van der Waals surface area contributed by atoms with Crippen molar-refractivity contribution in [2.24, 2.45) is 11.8 Å². The standard InChI is InChI=1S/C17H24N2O/c1-4-20-16-7-5-6-15(9-16)17(10-18)19-11-13(2)8-14(3)12-19/h5-7,9,13-14,17H,4,8,11-12H2,1-3H3. The summed E-state index contributed by atoms with van der Waals surface area (Å²) in [6.07, 6.45) is 1.26. The van der Waals surface area contributed by atoms with Crippen LogP contribution < -0.4 is 4.74 Å². The van der Waals surface area contributed by atoms with Gasteiger partial charge in [0.25, 0.3) is 0 Å². The first-order valence-electron chi connectivity index (χ1n) is 7.50. The van der Waals surface area contributed by atoms with Gasteiger partial charge in [0.1, 0.15) is 11.8 Å². The maximum Gasteiger partial charge on any atom is 0.124 e. The summed E-state index contributed by atoms with van der Waals surface area (Å²) < 4.78 is 5.54. The Balaban J connectivity index is 2.19. The number of nitriles is 1. The molecule has 2 rings (SSSR count). The molecule has 1 fully saturated rings. The number of likely N-dealkylation sites (tertiary alicyclic amines) is 1. The summed E-state index contributed by atoms with van der Waals surface area (Å²) in [5, 5.41) is 9.59. The molecule has 20 heavy (non-hydrogen) atoms. The number of hydrogen-bond donors (Lipinski definition) is 0. The van der Waals surface area contributed by atoms with Crippen molar-refractivity contribution < 1.29 is 4.74 Å². The molecular weight excluding hydrogens is 248 g/mol. The highest BCUT2D eigenvalue weighted by atomic mass is 16.5. The Morgan fingerprint density at radius 3 is 2.65 bits per heavy atom. The number of benzene rings is 1. The monoisotopic (exact) mass is 272 g/mol. The number of ether oxygens (including phenoxy) is 1. The number of rotatable bonds is 4. The van der Waals surface area contributed by atoms with E-state index >= 15 is 0 Å². The van der Waals surface area contributed by atoms with Crippen LogP contribution in [-0.4, -0.2) is 24.6 Å². The molecule has 3 heteroatoms. The van der Waals surface area contributed by atoms with Crippen molar-refractivity contribution in [1.82, 2.24) is 4.90 Å². The van der Waals surface area contributed by atoms with Crippen LogP contribution in [0.5, 0.6) is 5.75 Å². The number of piperidine rings is 1. The molecule has 0 radical (unpaired) electrons. The fraction of sp³-hybridized carbons (Fsp3) is 0.588. The maximum atomic E-state index is 9.59. The molecule has 1 aliphatic rings. The zero-order chi connectivity index (χ0) is 14.5. The lowest BCUT2D eigenvalue weighted by atomic mass is 9.90. The largest absolute Gasteiger partial charge is 0.494 e. The summed E-state index contributed by atoms with van der Waals surface area (Å²) in [5.74, 6) is 2.16. The van der Waals surface area contributed by atoms with E-state index in [4.69, 9.17) is 4.74 Å². The van der Waals surface area contributed by atoms with Crippen molar-refractivity contribution in [3.05, 3.63) is 29.8 Å². The molecule has 0 amide bonds. The fourth-order valence-corrected chi connectivity index (χ4v) is 3.23. The first-order valence-corrected chi connectivity index (χ1v) is 7.50. The summed E-state index contributed by atoms with van der Waals surface area (Å²) in [6, 6.07) is 10.3. The van der Waals surface area contributed by atoms with E-state index in [0.29, 0.717) is 18.4 Å². The Labute approximate surface area is 122 Å². The van der Waals surface area contributed by atoms with E-state index in [-0.39, 0.29) is 6.04 Å². The van der Waals surface area contributed by atoms with Crippen LogP contribution in [0.15, 0.2) is 24.3 Å². The average Bonchev–Trinajstić information content (AvgIpc) is 2.39. The first kappa shape index (κ1) is 14.9. The second-order valence-electron chi connectivity index (χ2n) is 5.94. The Morgan fingerprint density at radius 1 is 1.35 bits per heavy atom. The van der Waals surface area contributed by atoms with Crippen LogP contribution in [0, 0.1) is 23.2 Å². The molecule has 1 heterocycles. The molecule has 0 saturated carbocycles. The van der Waals surface area contributed by atoms with Gasteiger partial charge in [-0.1, -0.05) is 26.0 Å². The fourth-order valence-electron chi connectivity index (χ4n) is 3.23. The predicted octanol–water partition coefficient (Wildman–Crippen LogP) is 3.63. The SMILES string of the molecule is CCOc1cccc(C(C#N)N2CC(C)CC(C)C2)c1. The third-order valence-corrected chi connectivity index (χ3v) is 3.87. The molecule has 1 saturated heterocycles. The summed E-state index contributed by atoms with van der Waals surface area (Å²) in [4.78, 5) is 2.31. The molecule has 3 unspecified atom stereocenters. The second kappa shape index (κ2) is 6.76. The molecule has 1 aliphatic heterocycles. The molecule has 3 nitrogen and oxygen atoms in total. The van der Waals surface area contributed by atoms with Gasteiger partial charge < -0.3 is 4.74 Å². The van der Waals surface area contributed by atoms with Gasteiger partial charge in [0.05, 0.1) is 12.7 Å².